The molecule has 2 fully saturated rings. The molecule has 126 valence electrons. The van der Waals surface area contributed by atoms with E-state index in [0.29, 0.717) is 42.8 Å². The zero-order valence-electron chi connectivity index (χ0n) is 12.8. The normalized spacial score (nSPS) is 26.4. The molecule has 8 heteroatoms. The number of anilines is 1. The van der Waals surface area contributed by atoms with E-state index < -0.39 is 11.9 Å². The molecule has 23 heavy (non-hydrogen) atoms. The number of nitrogens with zero attached hydrogens (tertiary/aromatic N) is 4. The van der Waals surface area contributed by atoms with E-state index in [2.05, 4.69) is 21.9 Å². The summed E-state index contributed by atoms with van der Waals surface area (Å²) < 4.78 is 33.7. The van der Waals surface area contributed by atoms with Crippen molar-refractivity contribution in [3.63, 3.8) is 0 Å². The Morgan fingerprint density at radius 1 is 1.35 bits per heavy atom. The first-order valence-corrected chi connectivity index (χ1v) is 7.40. The quantitative estimate of drug-likeness (QED) is 0.753. The largest absolute Gasteiger partial charge is 0.379 e. The fourth-order valence-electron chi connectivity index (χ4n) is 3.39. The molecule has 0 bridgehead atoms. The number of hydrogen-bond acceptors (Lipinski definition) is 5. The maximum atomic E-state index is 14.2. The van der Waals surface area contributed by atoms with Crippen molar-refractivity contribution in [1.29, 1.82) is 0 Å². The van der Waals surface area contributed by atoms with Gasteiger partial charge in [0, 0.05) is 26.1 Å². The van der Waals surface area contributed by atoms with Crippen molar-refractivity contribution in [3.8, 4) is 0 Å². The van der Waals surface area contributed by atoms with E-state index >= 15 is 0 Å². The van der Waals surface area contributed by atoms with E-state index in [9.17, 15) is 8.78 Å². The van der Waals surface area contributed by atoms with Gasteiger partial charge >= 0.3 is 6.08 Å². The third-order valence-electron chi connectivity index (χ3n) is 4.74. The van der Waals surface area contributed by atoms with Gasteiger partial charge in [-0.25, -0.2) is 4.39 Å². The zero-order chi connectivity index (χ0) is 15.4. The van der Waals surface area contributed by atoms with Gasteiger partial charge in [0.15, 0.2) is 5.82 Å². The van der Waals surface area contributed by atoms with Crippen LogP contribution in [0.25, 0.3) is 10.9 Å². The fourth-order valence-corrected chi connectivity index (χ4v) is 3.39. The first kappa shape index (κ1) is 15.9. The lowest BCUT2D eigenvalue weighted by molar-refractivity contribution is 0.135. The van der Waals surface area contributed by atoms with Gasteiger partial charge in [0.05, 0.1) is 24.3 Å². The van der Waals surface area contributed by atoms with Crippen LogP contribution >= 0.6 is 0 Å². The second-order valence-corrected chi connectivity index (χ2v) is 6.02. The minimum Gasteiger partial charge on any atom is -0.379 e. The molecule has 0 N–H and O–H groups in total. The summed E-state index contributed by atoms with van der Waals surface area (Å²) in [6.45, 7) is 5.54. The Hall–Kier alpha value is -1.96. The predicted molar refractivity (Wildman–Crippen MR) is 81.2 cm³/mol. The lowest BCUT2D eigenvalue weighted by Crippen LogP contribution is -2.31. The van der Waals surface area contributed by atoms with Crippen LogP contribution in [-0.2, 0) is 4.74 Å². The number of fused-ring (bicyclic) bond motifs is 2. The van der Waals surface area contributed by atoms with Gasteiger partial charge in [0.25, 0.3) is 0 Å². The Kier molecular flexibility index (Phi) is 3.87. The number of halogens is 3. The van der Waals surface area contributed by atoms with Gasteiger partial charge in [-0.05, 0) is 12.8 Å². The molecular weight excluding hydrogens is 309 g/mol. The van der Waals surface area contributed by atoms with E-state index in [1.54, 1.807) is 0 Å². The summed E-state index contributed by atoms with van der Waals surface area (Å²) in [6.07, 6.45) is 0.609. The number of aryl methyl sites for hydroxylation is 1. The molecule has 3 atom stereocenters. The van der Waals surface area contributed by atoms with Crippen molar-refractivity contribution >= 4 is 16.7 Å². The van der Waals surface area contributed by atoms with Crippen LogP contribution in [-0.4, -0.2) is 40.8 Å². The molecular formula is C15H19F3N4O. The average molecular weight is 328 g/mol. The van der Waals surface area contributed by atoms with E-state index in [-0.39, 0.29) is 23.4 Å². The van der Waals surface area contributed by atoms with E-state index in [1.807, 2.05) is 4.90 Å². The van der Waals surface area contributed by atoms with Crippen LogP contribution in [0.2, 0.25) is 0 Å². The van der Waals surface area contributed by atoms with Gasteiger partial charge in [-0.15, -0.1) is 0 Å². The molecule has 1 saturated heterocycles. The maximum Gasteiger partial charge on any atom is 0.311 e. The van der Waals surface area contributed by atoms with Gasteiger partial charge in [-0.2, -0.15) is 14.4 Å². The Labute approximate surface area is 132 Å². The Balaban J connectivity index is 0.00000104. The van der Waals surface area contributed by atoms with E-state index in [1.165, 1.54) is 13.1 Å². The van der Waals surface area contributed by atoms with E-state index in [4.69, 9.17) is 4.74 Å². The summed E-state index contributed by atoms with van der Waals surface area (Å²) in [6, 6.07) is 0.254. The van der Waals surface area contributed by atoms with Crippen molar-refractivity contribution in [2.24, 2.45) is 11.8 Å². The van der Waals surface area contributed by atoms with Crippen LogP contribution in [0.1, 0.15) is 14.0 Å². The van der Waals surface area contributed by atoms with Gasteiger partial charge in [-0.3, -0.25) is 9.69 Å². The molecule has 0 radical (unpaired) electrons. The highest BCUT2D eigenvalue weighted by Gasteiger charge is 2.52. The van der Waals surface area contributed by atoms with Gasteiger partial charge in [-0.1, -0.05) is 6.92 Å². The summed E-state index contributed by atoms with van der Waals surface area (Å²) in [5.74, 6) is 0.695. The molecule has 1 saturated carbocycles. The van der Waals surface area contributed by atoms with Crippen LogP contribution < -0.4 is 4.90 Å². The van der Waals surface area contributed by atoms with Crippen molar-refractivity contribution in [2.75, 3.05) is 24.7 Å². The molecule has 0 amide bonds. The Morgan fingerprint density at radius 3 is 2.91 bits per heavy atom. The van der Waals surface area contributed by atoms with Crippen LogP contribution in [0.15, 0.2) is 6.20 Å². The number of pyridine rings is 1. The van der Waals surface area contributed by atoms with Gasteiger partial charge in [0.2, 0.25) is 0 Å². The summed E-state index contributed by atoms with van der Waals surface area (Å²) in [4.78, 5) is 13.6. The molecule has 1 unspecified atom stereocenters. The SMILES string of the molecule is Cc1ncc2c(N3CCOC[C@H]4C(C)[C@H]43)nc(F)nc2c1F.F.[HH]. The summed E-state index contributed by atoms with van der Waals surface area (Å²) in [5, 5.41) is 0.448. The average Bonchev–Trinajstić information content (AvgIpc) is 3.18. The zero-order valence-corrected chi connectivity index (χ0v) is 12.8. The van der Waals surface area contributed by atoms with E-state index in [0.717, 1.165) is 0 Å². The smallest absolute Gasteiger partial charge is 0.311 e. The minimum atomic E-state index is -0.915. The summed E-state index contributed by atoms with van der Waals surface area (Å²) >= 11 is 0. The predicted octanol–water partition coefficient (Wildman–Crippen LogP) is 2.48. The van der Waals surface area contributed by atoms with Gasteiger partial charge < -0.3 is 9.64 Å². The monoisotopic (exact) mass is 328 g/mol. The second-order valence-electron chi connectivity index (χ2n) is 6.02. The van der Waals surface area contributed by atoms with Crippen LogP contribution in [0.3, 0.4) is 0 Å². The first-order chi connectivity index (χ1) is 10.6. The number of hydrogen-bond donors (Lipinski definition) is 0. The highest BCUT2D eigenvalue weighted by Crippen LogP contribution is 2.46. The Morgan fingerprint density at radius 2 is 2.13 bits per heavy atom. The highest BCUT2D eigenvalue weighted by atomic mass is 19.1. The Bertz CT molecular complexity index is 763. The van der Waals surface area contributed by atoms with Crippen LogP contribution in [0, 0.1) is 30.7 Å². The topological polar surface area (TPSA) is 51.1 Å². The molecule has 0 aromatic carbocycles. The molecule has 0 spiro atoms. The van der Waals surface area contributed by atoms with Crippen LogP contribution in [0.5, 0.6) is 0 Å². The van der Waals surface area contributed by atoms with Crippen molar-refractivity contribution in [2.45, 2.75) is 19.9 Å². The van der Waals surface area contributed by atoms with Crippen molar-refractivity contribution in [1.82, 2.24) is 15.0 Å². The van der Waals surface area contributed by atoms with Crippen molar-refractivity contribution < 1.29 is 19.6 Å². The second kappa shape index (κ2) is 5.59. The first-order valence-electron chi connectivity index (χ1n) is 7.40. The minimum absolute atomic E-state index is 0. The molecule has 2 aromatic rings. The highest BCUT2D eigenvalue weighted by molar-refractivity contribution is 5.89. The third-order valence-corrected chi connectivity index (χ3v) is 4.74. The molecule has 5 nitrogen and oxygen atoms in total. The molecule has 2 aliphatic rings. The lowest BCUT2D eigenvalue weighted by atomic mass is 10.2. The number of rotatable bonds is 1. The molecule has 3 heterocycles. The fraction of sp³-hybridized carbons (Fsp3) is 0.533. The number of aromatic nitrogens is 3. The number of ether oxygens (including phenoxy) is 1. The van der Waals surface area contributed by atoms with Crippen LogP contribution in [0.4, 0.5) is 19.3 Å². The molecule has 1 aliphatic carbocycles. The molecule has 1 aliphatic heterocycles. The summed E-state index contributed by atoms with van der Waals surface area (Å²) in [5.41, 5.74) is 0.193. The maximum absolute atomic E-state index is 14.2. The summed E-state index contributed by atoms with van der Waals surface area (Å²) in [7, 11) is 0. The molecule has 4 rings (SSSR count). The third kappa shape index (κ3) is 2.41. The van der Waals surface area contributed by atoms with Crippen molar-refractivity contribution in [3.05, 3.63) is 23.8 Å². The molecule has 2 aromatic heterocycles. The standard InChI is InChI=1S/C15H16F2N4O.FH.H2/c1-7-10-6-22-4-3-21(13(7)10)14-9-5-18-8(2)11(16)12(9)19-15(17)20-14;;/h5,7,10,13H,3-4,6H2,1-2H3;2*1H/t7?,10-,13+;;/m0../s1. The van der Waals surface area contributed by atoms with Gasteiger partial charge in [0.1, 0.15) is 11.3 Å². The lowest BCUT2D eigenvalue weighted by Gasteiger charge is -2.24.